The predicted molar refractivity (Wildman–Crippen MR) is 88.7 cm³/mol. The van der Waals surface area contributed by atoms with Gasteiger partial charge in [-0.1, -0.05) is 0 Å². The number of hydrogen-bond donors (Lipinski definition) is 1. The lowest BCUT2D eigenvalue weighted by molar-refractivity contribution is 0.0691. The SMILES string of the molecule is Cc1nc(OC[C@H](C)OC(=O)NC(C)(C)C)c(Br)cc1Br. The van der Waals surface area contributed by atoms with Crippen LogP contribution in [-0.4, -0.2) is 29.3 Å². The van der Waals surface area contributed by atoms with Crippen LogP contribution < -0.4 is 10.1 Å². The van der Waals surface area contributed by atoms with Crippen molar-refractivity contribution in [3.63, 3.8) is 0 Å². The number of pyridine rings is 1. The second kappa shape index (κ2) is 7.45. The number of carbonyl (C=O) groups is 1. The van der Waals surface area contributed by atoms with Crippen molar-refractivity contribution in [1.82, 2.24) is 10.3 Å². The van der Waals surface area contributed by atoms with E-state index in [2.05, 4.69) is 42.2 Å². The predicted octanol–water partition coefficient (Wildman–Crippen LogP) is 4.21. The molecule has 1 rings (SSSR count). The molecule has 0 bridgehead atoms. The summed E-state index contributed by atoms with van der Waals surface area (Å²) in [5, 5.41) is 2.73. The zero-order valence-corrected chi connectivity index (χ0v) is 16.0. The van der Waals surface area contributed by atoms with E-state index in [9.17, 15) is 4.79 Å². The monoisotopic (exact) mass is 422 g/mol. The standard InChI is InChI=1S/C14H20Br2N2O3/c1-8(21-13(19)18-14(3,4)5)7-20-12-11(16)6-10(15)9(2)17-12/h6,8H,7H2,1-5H3,(H,18,19)/t8-/m0/s1. The molecule has 0 aliphatic carbocycles. The summed E-state index contributed by atoms with van der Waals surface area (Å²) < 4.78 is 12.4. The van der Waals surface area contributed by atoms with E-state index in [4.69, 9.17) is 9.47 Å². The zero-order valence-electron chi connectivity index (χ0n) is 12.8. The van der Waals surface area contributed by atoms with Crippen molar-refractivity contribution in [1.29, 1.82) is 0 Å². The lowest BCUT2D eigenvalue weighted by atomic mass is 10.1. The maximum absolute atomic E-state index is 11.6. The molecule has 0 aliphatic rings. The number of halogens is 2. The number of amides is 1. The van der Waals surface area contributed by atoms with Crippen LogP contribution in [0.15, 0.2) is 15.0 Å². The van der Waals surface area contributed by atoms with Crippen LogP contribution in [0.4, 0.5) is 4.79 Å². The molecule has 1 atom stereocenters. The van der Waals surface area contributed by atoms with Crippen LogP contribution in [0.5, 0.6) is 5.88 Å². The third-order valence-electron chi connectivity index (χ3n) is 2.31. The van der Waals surface area contributed by atoms with Gasteiger partial charge in [-0.15, -0.1) is 0 Å². The first-order valence-electron chi connectivity index (χ1n) is 6.52. The van der Waals surface area contributed by atoms with Gasteiger partial charge >= 0.3 is 6.09 Å². The van der Waals surface area contributed by atoms with E-state index in [-0.39, 0.29) is 18.2 Å². The highest BCUT2D eigenvalue weighted by Gasteiger charge is 2.17. The minimum Gasteiger partial charge on any atom is -0.473 e. The van der Waals surface area contributed by atoms with Crippen molar-refractivity contribution in [3.05, 3.63) is 20.7 Å². The first-order valence-corrected chi connectivity index (χ1v) is 8.11. The fourth-order valence-electron chi connectivity index (χ4n) is 1.39. The van der Waals surface area contributed by atoms with Gasteiger partial charge in [0.25, 0.3) is 0 Å². The highest BCUT2D eigenvalue weighted by molar-refractivity contribution is 9.11. The summed E-state index contributed by atoms with van der Waals surface area (Å²) in [6.07, 6.45) is -0.845. The van der Waals surface area contributed by atoms with Gasteiger partial charge in [-0.05, 0) is 72.5 Å². The maximum Gasteiger partial charge on any atom is 0.407 e. The maximum atomic E-state index is 11.6. The van der Waals surface area contributed by atoms with Crippen molar-refractivity contribution >= 4 is 38.0 Å². The molecule has 0 radical (unpaired) electrons. The highest BCUT2D eigenvalue weighted by Crippen LogP contribution is 2.28. The third-order valence-corrected chi connectivity index (χ3v) is 3.68. The van der Waals surface area contributed by atoms with Crippen LogP contribution in [0.2, 0.25) is 0 Å². The van der Waals surface area contributed by atoms with Gasteiger partial charge in [-0.25, -0.2) is 9.78 Å². The number of carbonyl (C=O) groups excluding carboxylic acids is 1. The van der Waals surface area contributed by atoms with Crippen LogP contribution in [0.25, 0.3) is 0 Å². The lowest BCUT2D eigenvalue weighted by Crippen LogP contribution is -2.42. The van der Waals surface area contributed by atoms with Gasteiger partial charge in [0.05, 0.1) is 10.2 Å². The Bertz CT molecular complexity index is 516. The lowest BCUT2D eigenvalue weighted by Gasteiger charge is -2.22. The van der Waals surface area contributed by atoms with Crippen molar-refractivity contribution in [2.45, 2.75) is 46.3 Å². The number of nitrogens with zero attached hydrogens (tertiary/aromatic N) is 1. The van der Waals surface area contributed by atoms with Crippen LogP contribution in [0.3, 0.4) is 0 Å². The second-order valence-electron chi connectivity index (χ2n) is 5.74. The number of rotatable bonds is 4. The highest BCUT2D eigenvalue weighted by atomic mass is 79.9. The van der Waals surface area contributed by atoms with Crippen molar-refractivity contribution in [3.8, 4) is 5.88 Å². The summed E-state index contributed by atoms with van der Waals surface area (Å²) in [4.78, 5) is 15.9. The summed E-state index contributed by atoms with van der Waals surface area (Å²) in [5.74, 6) is 0.474. The van der Waals surface area contributed by atoms with Gasteiger partial charge in [0.2, 0.25) is 5.88 Å². The van der Waals surface area contributed by atoms with Gasteiger partial charge in [-0.3, -0.25) is 0 Å². The van der Waals surface area contributed by atoms with E-state index >= 15 is 0 Å². The summed E-state index contributed by atoms with van der Waals surface area (Å²) in [6.45, 7) is 9.54. The molecule has 0 aliphatic heterocycles. The fraction of sp³-hybridized carbons (Fsp3) is 0.571. The molecule has 0 spiro atoms. The van der Waals surface area contributed by atoms with Crippen molar-refractivity contribution < 1.29 is 14.3 Å². The Kier molecular flexibility index (Phi) is 6.46. The van der Waals surface area contributed by atoms with Crippen LogP contribution in [-0.2, 0) is 4.74 Å². The zero-order chi connectivity index (χ0) is 16.2. The molecule has 0 saturated carbocycles. The van der Waals surface area contributed by atoms with E-state index in [1.54, 1.807) is 6.92 Å². The van der Waals surface area contributed by atoms with Gasteiger partial charge in [-0.2, -0.15) is 0 Å². The molecule has 0 saturated heterocycles. The number of aryl methyl sites for hydroxylation is 1. The average molecular weight is 424 g/mol. The summed E-state index contributed by atoms with van der Waals surface area (Å²) >= 11 is 6.78. The van der Waals surface area contributed by atoms with Crippen molar-refractivity contribution in [2.24, 2.45) is 0 Å². The number of aromatic nitrogens is 1. The molecule has 118 valence electrons. The van der Waals surface area contributed by atoms with E-state index in [0.717, 1.165) is 14.6 Å². The summed E-state index contributed by atoms with van der Waals surface area (Å²) in [7, 11) is 0. The van der Waals surface area contributed by atoms with Crippen LogP contribution >= 0.6 is 31.9 Å². The Morgan fingerprint density at radius 2 is 2.00 bits per heavy atom. The molecular weight excluding hydrogens is 404 g/mol. The molecule has 21 heavy (non-hydrogen) atoms. The van der Waals surface area contributed by atoms with E-state index < -0.39 is 6.09 Å². The Hall–Kier alpha value is -0.820. The molecule has 0 fully saturated rings. The van der Waals surface area contributed by atoms with Crippen LogP contribution in [0, 0.1) is 6.92 Å². The molecule has 1 amide bonds. The molecule has 1 heterocycles. The molecule has 7 heteroatoms. The molecule has 1 aromatic rings. The smallest absolute Gasteiger partial charge is 0.407 e. The van der Waals surface area contributed by atoms with Gasteiger partial charge in [0.1, 0.15) is 12.7 Å². The molecule has 5 nitrogen and oxygen atoms in total. The Balaban J connectivity index is 2.52. The van der Waals surface area contributed by atoms with Gasteiger partial charge < -0.3 is 14.8 Å². The van der Waals surface area contributed by atoms with E-state index in [1.165, 1.54) is 0 Å². The summed E-state index contributed by atoms with van der Waals surface area (Å²) in [5.41, 5.74) is 0.498. The normalized spacial score (nSPS) is 12.7. The minimum absolute atomic E-state index is 0.226. The fourth-order valence-corrected chi connectivity index (χ4v) is 2.44. The van der Waals surface area contributed by atoms with Gasteiger partial charge in [0.15, 0.2) is 0 Å². The number of alkyl carbamates (subject to hydrolysis) is 1. The topological polar surface area (TPSA) is 60.5 Å². The first-order chi connectivity index (χ1) is 9.58. The Labute approximate surface area is 142 Å². The Morgan fingerprint density at radius 3 is 2.57 bits per heavy atom. The quantitative estimate of drug-likeness (QED) is 0.787. The van der Waals surface area contributed by atoms with E-state index in [1.807, 2.05) is 33.8 Å². The summed E-state index contributed by atoms with van der Waals surface area (Å²) in [6, 6.07) is 1.87. The molecule has 1 aromatic heterocycles. The number of ether oxygens (including phenoxy) is 2. The molecule has 0 aromatic carbocycles. The van der Waals surface area contributed by atoms with E-state index in [0.29, 0.717) is 5.88 Å². The Morgan fingerprint density at radius 1 is 1.38 bits per heavy atom. The molecular formula is C14H20Br2N2O3. The minimum atomic E-state index is -0.461. The number of hydrogen-bond acceptors (Lipinski definition) is 4. The largest absolute Gasteiger partial charge is 0.473 e. The third kappa shape index (κ3) is 6.65. The molecule has 0 unspecified atom stereocenters. The van der Waals surface area contributed by atoms with Crippen LogP contribution in [0.1, 0.15) is 33.4 Å². The average Bonchev–Trinajstić information content (AvgIpc) is 2.29. The first kappa shape index (κ1) is 18.2. The number of nitrogens with one attached hydrogen (secondary N) is 1. The van der Waals surface area contributed by atoms with Gasteiger partial charge in [0, 0.05) is 10.0 Å². The van der Waals surface area contributed by atoms with Crippen molar-refractivity contribution in [2.75, 3.05) is 6.61 Å². The second-order valence-corrected chi connectivity index (χ2v) is 7.45. The molecule has 1 N–H and O–H groups in total.